The maximum absolute atomic E-state index is 4.62. The summed E-state index contributed by atoms with van der Waals surface area (Å²) in [6, 6.07) is 4.30. The van der Waals surface area contributed by atoms with E-state index >= 15 is 0 Å². The monoisotopic (exact) mass is 219 g/mol. The van der Waals surface area contributed by atoms with E-state index in [1.165, 1.54) is 10.4 Å². The highest BCUT2D eigenvalue weighted by atomic mass is 32.1. The summed E-state index contributed by atoms with van der Waals surface area (Å²) in [5, 5.41) is 10.1. The zero-order valence-electron chi connectivity index (χ0n) is 8.66. The van der Waals surface area contributed by atoms with Gasteiger partial charge in [-0.25, -0.2) is 4.68 Å². The molecule has 1 aliphatic heterocycles. The van der Waals surface area contributed by atoms with Gasteiger partial charge >= 0.3 is 0 Å². The number of nitrogens with zero attached hydrogens (tertiary/aromatic N) is 2. The Morgan fingerprint density at radius 2 is 2.47 bits per heavy atom. The van der Waals surface area contributed by atoms with E-state index in [-0.39, 0.29) is 0 Å². The second-order valence-electron chi connectivity index (χ2n) is 3.85. The van der Waals surface area contributed by atoms with Crippen molar-refractivity contribution in [1.29, 1.82) is 0 Å². The van der Waals surface area contributed by atoms with Gasteiger partial charge in [-0.15, -0.1) is 11.3 Å². The Hall–Kier alpha value is -1.29. The van der Waals surface area contributed by atoms with Crippen LogP contribution in [0.1, 0.15) is 12.0 Å². The number of hydrogen-bond donors (Lipinski definition) is 1. The molecule has 78 valence electrons. The average Bonchev–Trinajstić information content (AvgIpc) is 2.82. The van der Waals surface area contributed by atoms with Gasteiger partial charge in [0.15, 0.2) is 0 Å². The Kier molecular flexibility index (Phi) is 2.02. The minimum Gasteiger partial charge on any atom is -0.370 e. The molecule has 0 radical (unpaired) electrons. The Morgan fingerprint density at radius 1 is 1.53 bits per heavy atom. The molecule has 3 heterocycles. The summed E-state index contributed by atoms with van der Waals surface area (Å²) < 4.78 is 2.07. The minimum absolute atomic E-state index is 1.03. The molecule has 15 heavy (non-hydrogen) atoms. The number of anilines is 1. The Labute approximate surface area is 92.7 Å². The van der Waals surface area contributed by atoms with Crippen molar-refractivity contribution >= 4 is 17.2 Å². The summed E-state index contributed by atoms with van der Waals surface area (Å²) in [5.41, 5.74) is 2.42. The lowest BCUT2D eigenvalue weighted by Gasteiger charge is -2.14. The smallest absolute Gasteiger partial charge is 0.124 e. The van der Waals surface area contributed by atoms with Gasteiger partial charge in [0, 0.05) is 19.2 Å². The van der Waals surface area contributed by atoms with Crippen molar-refractivity contribution < 1.29 is 0 Å². The van der Waals surface area contributed by atoms with E-state index in [2.05, 4.69) is 39.5 Å². The van der Waals surface area contributed by atoms with E-state index in [1.807, 2.05) is 0 Å². The Balaban J connectivity index is 2.06. The third-order valence-electron chi connectivity index (χ3n) is 2.73. The molecule has 3 nitrogen and oxygen atoms in total. The van der Waals surface area contributed by atoms with E-state index in [4.69, 9.17) is 0 Å². The van der Waals surface area contributed by atoms with Gasteiger partial charge in [0.25, 0.3) is 0 Å². The second-order valence-corrected chi connectivity index (χ2v) is 4.77. The number of hydrogen-bond acceptors (Lipinski definition) is 3. The summed E-state index contributed by atoms with van der Waals surface area (Å²) >= 11 is 1.76. The van der Waals surface area contributed by atoms with Gasteiger partial charge < -0.3 is 5.32 Å². The summed E-state index contributed by atoms with van der Waals surface area (Å²) in [4.78, 5) is 1.29. The number of fused-ring (bicyclic) bond motifs is 1. The van der Waals surface area contributed by atoms with E-state index in [0.29, 0.717) is 0 Å². The molecule has 0 saturated heterocycles. The molecular formula is C11H13N3S. The number of aryl methyl sites for hydroxylation is 2. The van der Waals surface area contributed by atoms with Crippen LogP contribution in [0.2, 0.25) is 0 Å². The van der Waals surface area contributed by atoms with Crippen molar-refractivity contribution in [3.63, 3.8) is 0 Å². The molecule has 0 saturated carbocycles. The Bertz CT molecular complexity index is 460. The SMILES string of the molecule is Cc1ccsc1-c1cc2n(n1)CCCN2. The molecule has 1 N–H and O–H groups in total. The third-order valence-corrected chi connectivity index (χ3v) is 3.77. The molecule has 2 aromatic heterocycles. The van der Waals surface area contributed by atoms with Crippen molar-refractivity contribution in [2.75, 3.05) is 11.9 Å². The summed E-state index contributed by atoms with van der Waals surface area (Å²) in [7, 11) is 0. The average molecular weight is 219 g/mol. The fourth-order valence-electron chi connectivity index (χ4n) is 1.92. The molecule has 1 aliphatic rings. The normalized spacial score (nSPS) is 14.7. The molecule has 0 bridgehead atoms. The summed E-state index contributed by atoms with van der Waals surface area (Å²) in [6.07, 6.45) is 1.16. The number of thiophene rings is 1. The van der Waals surface area contributed by atoms with Crippen molar-refractivity contribution in [2.45, 2.75) is 19.9 Å². The van der Waals surface area contributed by atoms with Crippen LogP contribution >= 0.6 is 11.3 Å². The first-order valence-electron chi connectivity index (χ1n) is 5.21. The van der Waals surface area contributed by atoms with Crippen LogP contribution in [0.15, 0.2) is 17.5 Å². The molecule has 0 spiro atoms. The topological polar surface area (TPSA) is 29.9 Å². The zero-order valence-corrected chi connectivity index (χ0v) is 9.47. The lowest BCUT2D eigenvalue weighted by Crippen LogP contribution is -2.17. The lowest BCUT2D eigenvalue weighted by molar-refractivity contribution is 0.569. The molecule has 0 aromatic carbocycles. The maximum Gasteiger partial charge on any atom is 0.124 e. The third kappa shape index (κ3) is 1.45. The first-order valence-corrected chi connectivity index (χ1v) is 6.09. The van der Waals surface area contributed by atoms with Crippen molar-refractivity contribution in [2.24, 2.45) is 0 Å². The molecule has 0 fully saturated rings. The maximum atomic E-state index is 4.62. The van der Waals surface area contributed by atoms with E-state index in [1.54, 1.807) is 11.3 Å². The fraction of sp³-hybridized carbons (Fsp3) is 0.364. The van der Waals surface area contributed by atoms with E-state index in [9.17, 15) is 0 Å². The van der Waals surface area contributed by atoms with Gasteiger partial charge in [-0.3, -0.25) is 0 Å². The van der Waals surface area contributed by atoms with E-state index < -0.39 is 0 Å². The molecule has 0 atom stereocenters. The Morgan fingerprint density at radius 3 is 3.20 bits per heavy atom. The van der Waals surface area contributed by atoms with Crippen LogP contribution in [0.5, 0.6) is 0 Å². The van der Waals surface area contributed by atoms with Gasteiger partial charge in [-0.05, 0) is 30.4 Å². The van der Waals surface area contributed by atoms with Crippen molar-refractivity contribution in [3.8, 4) is 10.6 Å². The zero-order chi connectivity index (χ0) is 10.3. The van der Waals surface area contributed by atoms with Crippen LogP contribution in [-0.4, -0.2) is 16.3 Å². The lowest BCUT2D eigenvalue weighted by atomic mass is 10.2. The first kappa shape index (κ1) is 8.97. The fourth-order valence-corrected chi connectivity index (χ4v) is 2.80. The van der Waals surface area contributed by atoms with Crippen LogP contribution in [0.3, 0.4) is 0 Å². The second kappa shape index (κ2) is 3.38. The van der Waals surface area contributed by atoms with Gasteiger partial charge in [-0.1, -0.05) is 0 Å². The van der Waals surface area contributed by atoms with Crippen molar-refractivity contribution in [1.82, 2.24) is 9.78 Å². The quantitative estimate of drug-likeness (QED) is 0.799. The predicted octanol–water partition coefficient (Wildman–Crippen LogP) is 2.74. The predicted molar refractivity (Wildman–Crippen MR) is 63.4 cm³/mol. The van der Waals surface area contributed by atoms with Gasteiger partial charge in [-0.2, -0.15) is 5.10 Å². The largest absolute Gasteiger partial charge is 0.370 e. The highest BCUT2D eigenvalue weighted by Crippen LogP contribution is 2.30. The highest BCUT2D eigenvalue weighted by Gasteiger charge is 2.14. The highest BCUT2D eigenvalue weighted by molar-refractivity contribution is 7.13. The number of rotatable bonds is 1. The summed E-state index contributed by atoms with van der Waals surface area (Å²) in [6.45, 7) is 4.24. The van der Waals surface area contributed by atoms with Crippen LogP contribution in [0, 0.1) is 6.92 Å². The van der Waals surface area contributed by atoms with Gasteiger partial charge in [0.2, 0.25) is 0 Å². The molecule has 2 aromatic rings. The van der Waals surface area contributed by atoms with Crippen molar-refractivity contribution in [3.05, 3.63) is 23.1 Å². The molecule has 0 aliphatic carbocycles. The van der Waals surface area contributed by atoms with Gasteiger partial charge in [0.1, 0.15) is 11.5 Å². The first-order chi connectivity index (χ1) is 7.34. The number of nitrogens with one attached hydrogen (secondary N) is 1. The van der Waals surface area contributed by atoms with E-state index in [0.717, 1.165) is 31.0 Å². The molecule has 4 heteroatoms. The van der Waals surface area contributed by atoms with Crippen LogP contribution < -0.4 is 5.32 Å². The molecular weight excluding hydrogens is 206 g/mol. The molecule has 0 unspecified atom stereocenters. The van der Waals surface area contributed by atoms with Crippen LogP contribution in [0.4, 0.5) is 5.82 Å². The minimum atomic E-state index is 1.03. The van der Waals surface area contributed by atoms with Crippen LogP contribution in [0.25, 0.3) is 10.6 Å². The van der Waals surface area contributed by atoms with Gasteiger partial charge in [0.05, 0.1) is 4.88 Å². The standard InChI is InChI=1S/C11H13N3S/c1-8-3-6-15-11(8)9-7-10-12-4-2-5-14(10)13-9/h3,6-7,12H,2,4-5H2,1H3. The summed E-state index contributed by atoms with van der Waals surface area (Å²) in [5.74, 6) is 1.16. The number of aromatic nitrogens is 2. The molecule has 0 amide bonds. The van der Waals surface area contributed by atoms with Crippen LogP contribution in [-0.2, 0) is 6.54 Å². The molecule has 3 rings (SSSR count).